The first kappa shape index (κ1) is 14.5. The minimum absolute atomic E-state index is 0.328. The number of carbonyl (C=O) groups excluding carboxylic acids is 1. The maximum absolute atomic E-state index is 11.6. The second-order valence-electron chi connectivity index (χ2n) is 6.21. The van der Waals surface area contributed by atoms with Gasteiger partial charge in [0.2, 0.25) is 0 Å². The normalized spacial score (nSPS) is 23.6. The van der Waals surface area contributed by atoms with Crippen molar-refractivity contribution in [2.75, 3.05) is 6.54 Å². The van der Waals surface area contributed by atoms with Gasteiger partial charge in [-0.2, -0.15) is 0 Å². The van der Waals surface area contributed by atoms with Crippen molar-refractivity contribution in [3.8, 4) is 0 Å². The number of pyridine rings is 1. The summed E-state index contributed by atoms with van der Waals surface area (Å²) in [4.78, 5) is 18.6. The summed E-state index contributed by atoms with van der Waals surface area (Å²) in [5, 5.41) is 0. The molecule has 114 valence electrons. The Morgan fingerprint density at radius 2 is 2.10 bits per heavy atom. The summed E-state index contributed by atoms with van der Waals surface area (Å²) in [6.07, 6.45) is 8.13. The second kappa shape index (κ2) is 6.54. The molecule has 1 saturated carbocycles. The lowest BCUT2D eigenvalue weighted by Crippen LogP contribution is -2.35. The molecule has 1 atom stereocenters. The van der Waals surface area contributed by atoms with Gasteiger partial charge < -0.3 is 0 Å². The van der Waals surface area contributed by atoms with Crippen molar-refractivity contribution in [3.05, 3.63) is 29.6 Å². The van der Waals surface area contributed by atoms with E-state index in [4.69, 9.17) is 5.84 Å². The lowest BCUT2D eigenvalue weighted by atomic mass is 9.96. The minimum atomic E-state index is -0.328. The Morgan fingerprint density at radius 3 is 2.86 bits per heavy atom. The first-order chi connectivity index (χ1) is 10.3. The number of likely N-dealkylation sites (tertiary alicyclic amines) is 1. The molecular weight excluding hydrogens is 264 g/mol. The largest absolute Gasteiger partial charge is 0.294 e. The lowest BCUT2D eigenvalue weighted by Gasteiger charge is -2.29. The zero-order valence-corrected chi connectivity index (χ0v) is 12.4. The Labute approximate surface area is 125 Å². The number of rotatable bonds is 4. The SMILES string of the molecule is NNC(=O)c1cccc(CN2CCCC2C2CCCC2)n1. The Balaban J connectivity index is 1.69. The quantitative estimate of drug-likeness (QED) is 0.504. The molecule has 1 aliphatic carbocycles. The van der Waals surface area contributed by atoms with Crippen LogP contribution in [0.3, 0.4) is 0 Å². The van der Waals surface area contributed by atoms with Gasteiger partial charge in [-0.3, -0.25) is 15.1 Å². The zero-order valence-electron chi connectivity index (χ0n) is 12.4. The first-order valence-corrected chi connectivity index (χ1v) is 7.99. The molecule has 21 heavy (non-hydrogen) atoms. The fraction of sp³-hybridized carbons (Fsp3) is 0.625. The molecule has 0 bridgehead atoms. The number of hydrazine groups is 1. The molecule has 0 radical (unpaired) electrons. The molecule has 5 heteroatoms. The summed E-state index contributed by atoms with van der Waals surface area (Å²) in [5.74, 6) is 5.71. The molecule has 3 N–H and O–H groups in total. The Kier molecular flexibility index (Phi) is 4.51. The average Bonchev–Trinajstić information content (AvgIpc) is 3.17. The molecule has 0 spiro atoms. The molecule has 5 nitrogen and oxygen atoms in total. The van der Waals surface area contributed by atoms with E-state index in [1.807, 2.05) is 12.1 Å². The predicted octanol–water partition coefficient (Wildman–Crippen LogP) is 1.84. The Morgan fingerprint density at radius 1 is 1.29 bits per heavy atom. The van der Waals surface area contributed by atoms with Crippen LogP contribution in [0.2, 0.25) is 0 Å². The van der Waals surface area contributed by atoms with Gasteiger partial charge in [0.25, 0.3) is 5.91 Å². The van der Waals surface area contributed by atoms with E-state index in [2.05, 4.69) is 15.3 Å². The summed E-state index contributed by atoms with van der Waals surface area (Å²) in [6.45, 7) is 1.99. The van der Waals surface area contributed by atoms with Gasteiger partial charge in [0.15, 0.2) is 0 Å². The first-order valence-electron chi connectivity index (χ1n) is 7.99. The van der Waals surface area contributed by atoms with E-state index in [0.29, 0.717) is 11.7 Å². The summed E-state index contributed by atoms with van der Waals surface area (Å²) in [6, 6.07) is 6.29. The molecule has 3 rings (SSSR count). The second-order valence-corrected chi connectivity index (χ2v) is 6.21. The molecule has 2 aliphatic rings. The molecule has 1 aromatic heterocycles. The van der Waals surface area contributed by atoms with Crippen LogP contribution in [0, 0.1) is 5.92 Å². The van der Waals surface area contributed by atoms with Crippen molar-refractivity contribution in [1.29, 1.82) is 0 Å². The summed E-state index contributed by atoms with van der Waals surface area (Å²) >= 11 is 0. The number of nitrogens with zero attached hydrogens (tertiary/aromatic N) is 2. The summed E-state index contributed by atoms with van der Waals surface area (Å²) in [5.41, 5.74) is 3.49. The molecule has 1 saturated heterocycles. The highest BCUT2D eigenvalue weighted by Crippen LogP contribution is 2.35. The van der Waals surface area contributed by atoms with E-state index in [0.717, 1.165) is 24.7 Å². The monoisotopic (exact) mass is 288 g/mol. The van der Waals surface area contributed by atoms with Gasteiger partial charge in [0.05, 0.1) is 5.69 Å². The fourth-order valence-electron chi connectivity index (χ4n) is 3.90. The highest BCUT2D eigenvalue weighted by Gasteiger charge is 2.33. The molecule has 2 fully saturated rings. The van der Waals surface area contributed by atoms with Gasteiger partial charge in [-0.1, -0.05) is 18.9 Å². The van der Waals surface area contributed by atoms with Gasteiger partial charge in [-0.05, 0) is 50.3 Å². The molecular formula is C16H24N4O. The van der Waals surface area contributed by atoms with Crippen molar-refractivity contribution in [2.24, 2.45) is 11.8 Å². The third-order valence-corrected chi connectivity index (χ3v) is 4.89. The molecule has 1 aromatic rings. The maximum atomic E-state index is 11.6. The van der Waals surface area contributed by atoms with Crippen molar-refractivity contribution >= 4 is 5.91 Å². The third-order valence-electron chi connectivity index (χ3n) is 4.89. The number of nitrogens with two attached hydrogens (primary N) is 1. The highest BCUT2D eigenvalue weighted by molar-refractivity contribution is 5.91. The van der Waals surface area contributed by atoms with Gasteiger partial charge in [-0.15, -0.1) is 0 Å². The third kappa shape index (κ3) is 3.24. The number of nitrogens with one attached hydrogen (secondary N) is 1. The molecule has 1 amide bonds. The van der Waals surface area contributed by atoms with E-state index in [9.17, 15) is 4.79 Å². The Bertz CT molecular complexity index is 499. The Hall–Kier alpha value is -1.46. The molecule has 1 unspecified atom stereocenters. The van der Waals surface area contributed by atoms with E-state index >= 15 is 0 Å². The van der Waals surface area contributed by atoms with Gasteiger partial charge in [0.1, 0.15) is 5.69 Å². The number of hydrogen-bond donors (Lipinski definition) is 2. The molecule has 1 aliphatic heterocycles. The van der Waals surface area contributed by atoms with Gasteiger partial charge in [-0.25, -0.2) is 10.8 Å². The number of hydrogen-bond acceptors (Lipinski definition) is 4. The van der Waals surface area contributed by atoms with Crippen LogP contribution in [0.25, 0.3) is 0 Å². The van der Waals surface area contributed by atoms with Crippen LogP contribution in [0.15, 0.2) is 18.2 Å². The summed E-state index contributed by atoms with van der Waals surface area (Å²) in [7, 11) is 0. The number of carbonyl (C=O) groups is 1. The maximum Gasteiger partial charge on any atom is 0.283 e. The van der Waals surface area contributed by atoms with Crippen molar-refractivity contribution in [1.82, 2.24) is 15.3 Å². The minimum Gasteiger partial charge on any atom is -0.294 e. The highest BCUT2D eigenvalue weighted by atomic mass is 16.2. The summed E-state index contributed by atoms with van der Waals surface area (Å²) < 4.78 is 0. The average molecular weight is 288 g/mol. The molecule has 2 heterocycles. The lowest BCUT2D eigenvalue weighted by molar-refractivity contribution is 0.0948. The predicted molar refractivity (Wildman–Crippen MR) is 81.3 cm³/mol. The van der Waals surface area contributed by atoms with Crippen LogP contribution in [0.4, 0.5) is 0 Å². The van der Waals surface area contributed by atoms with Crippen LogP contribution < -0.4 is 11.3 Å². The van der Waals surface area contributed by atoms with Crippen LogP contribution in [-0.2, 0) is 6.54 Å². The standard InChI is InChI=1S/C16H24N4O/c17-19-16(21)14-8-3-7-13(18-14)11-20-10-4-9-15(20)12-5-1-2-6-12/h3,7-8,12,15H,1-2,4-6,9-11,17H2,(H,19,21). The van der Waals surface area contributed by atoms with Crippen LogP contribution in [0.5, 0.6) is 0 Å². The number of amides is 1. The van der Waals surface area contributed by atoms with Gasteiger partial charge >= 0.3 is 0 Å². The van der Waals surface area contributed by atoms with Crippen LogP contribution >= 0.6 is 0 Å². The smallest absolute Gasteiger partial charge is 0.283 e. The number of aromatic nitrogens is 1. The van der Waals surface area contributed by atoms with E-state index in [1.165, 1.54) is 38.5 Å². The molecule has 0 aromatic carbocycles. The number of nitrogen functional groups attached to an aromatic ring is 1. The van der Waals surface area contributed by atoms with Crippen LogP contribution in [0.1, 0.15) is 54.7 Å². The van der Waals surface area contributed by atoms with E-state index < -0.39 is 0 Å². The zero-order chi connectivity index (χ0) is 14.7. The van der Waals surface area contributed by atoms with Gasteiger partial charge in [0, 0.05) is 12.6 Å². The van der Waals surface area contributed by atoms with Crippen molar-refractivity contribution in [2.45, 2.75) is 51.1 Å². The van der Waals surface area contributed by atoms with E-state index in [-0.39, 0.29) is 5.91 Å². The van der Waals surface area contributed by atoms with Crippen LogP contribution in [-0.4, -0.2) is 28.4 Å². The fourth-order valence-corrected chi connectivity index (χ4v) is 3.90. The topological polar surface area (TPSA) is 71.2 Å². The van der Waals surface area contributed by atoms with E-state index in [1.54, 1.807) is 6.07 Å². The van der Waals surface area contributed by atoms with Crippen molar-refractivity contribution < 1.29 is 4.79 Å². The van der Waals surface area contributed by atoms with Crippen molar-refractivity contribution in [3.63, 3.8) is 0 Å².